The first kappa shape index (κ1) is 14.1. The molecule has 1 aliphatic heterocycles. The van der Waals surface area contributed by atoms with Gasteiger partial charge in [0.05, 0.1) is 7.85 Å². The van der Waals surface area contributed by atoms with Gasteiger partial charge in [-0.15, -0.1) is 5.92 Å². The molecule has 0 amide bonds. The van der Waals surface area contributed by atoms with Crippen molar-refractivity contribution in [2.45, 2.75) is 44.7 Å². The maximum Gasteiger partial charge on any atom is 0.0625 e. The van der Waals surface area contributed by atoms with Gasteiger partial charge in [-0.1, -0.05) is 26.3 Å². The van der Waals surface area contributed by atoms with Gasteiger partial charge in [0.1, 0.15) is 0 Å². The summed E-state index contributed by atoms with van der Waals surface area (Å²) < 4.78 is 5.73. The van der Waals surface area contributed by atoms with Crippen molar-refractivity contribution in [2.75, 3.05) is 0 Å². The van der Waals surface area contributed by atoms with Crippen LogP contribution < -0.4 is 0 Å². The first-order valence-electron chi connectivity index (χ1n) is 4.72. The van der Waals surface area contributed by atoms with Crippen molar-refractivity contribution < 1.29 is 37.4 Å². The van der Waals surface area contributed by atoms with Crippen LogP contribution in [0.25, 0.3) is 0 Å². The molecule has 0 saturated carbocycles. The maximum atomic E-state index is 5.73. The van der Waals surface area contributed by atoms with Crippen LogP contribution in [0.1, 0.15) is 33.1 Å². The Hall–Kier alpha value is 1.13. The summed E-state index contributed by atoms with van der Waals surface area (Å²) in [5, 5.41) is 0. The van der Waals surface area contributed by atoms with Crippen LogP contribution in [0.3, 0.4) is 0 Å². The van der Waals surface area contributed by atoms with Gasteiger partial charge in [-0.25, -0.2) is 0 Å². The van der Waals surface area contributed by atoms with Crippen molar-refractivity contribution in [3.05, 3.63) is 13.3 Å². The standard InChI is InChI=1S/C10H17BO.Y/c1-4-6-10(5-2)8(3)7-9(11)12-10;/h7-9H,1,4-6H2,2-3H3;/q-2;/t8-,9-,10?;/m1./s1. The van der Waals surface area contributed by atoms with E-state index in [1.165, 1.54) is 0 Å². The summed E-state index contributed by atoms with van der Waals surface area (Å²) in [5.41, 5.74) is -0.0266. The second-order valence-electron chi connectivity index (χ2n) is 3.59. The topological polar surface area (TPSA) is 9.23 Å². The molecule has 3 heteroatoms. The Kier molecular flexibility index (Phi) is 6.39. The van der Waals surface area contributed by atoms with E-state index < -0.39 is 0 Å². The smallest absolute Gasteiger partial charge is 0.0625 e. The molecule has 71 valence electrons. The minimum Gasteiger partial charge on any atom is -0.415 e. The van der Waals surface area contributed by atoms with Crippen molar-refractivity contribution >= 4 is 7.85 Å². The molecular formula is C10H17BOY-2. The SMILES string of the molecule is [B][C@H]1[CH-][C@@H](C)C(CC)(CC[CH2-])O1.[Y]. The van der Waals surface area contributed by atoms with Gasteiger partial charge < -0.3 is 18.1 Å². The Labute approximate surface area is 109 Å². The average molecular weight is 253 g/mol. The van der Waals surface area contributed by atoms with E-state index in [-0.39, 0.29) is 44.3 Å². The molecular weight excluding hydrogens is 236 g/mol. The zero-order valence-electron chi connectivity index (χ0n) is 8.62. The Morgan fingerprint density at radius 2 is 2.23 bits per heavy atom. The van der Waals surface area contributed by atoms with E-state index in [9.17, 15) is 0 Å². The fourth-order valence-electron chi connectivity index (χ4n) is 2.05. The molecule has 1 heterocycles. The summed E-state index contributed by atoms with van der Waals surface area (Å²) in [4.78, 5) is 0. The third-order valence-corrected chi connectivity index (χ3v) is 2.88. The Morgan fingerprint density at radius 3 is 2.54 bits per heavy atom. The number of hydrogen-bond acceptors (Lipinski definition) is 1. The predicted molar refractivity (Wildman–Crippen MR) is 51.7 cm³/mol. The zero-order valence-corrected chi connectivity index (χ0v) is 11.5. The van der Waals surface area contributed by atoms with Gasteiger partial charge >= 0.3 is 0 Å². The molecule has 3 atom stereocenters. The molecule has 0 aromatic heterocycles. The van der Waals surface area contributed by atoms with E-state index in [1.807, 2.05) is 0 Å². The molecule has 1 aliphatic rings. The quantitative estimate of drug-likeness (QED) is 0.552. The van der Waals surface area contributed by atoms with Crippen molar-refractivity contribution in [2.24, 2.45) is 5.92 Å². The molecule has 1 saturated heterocycles. The van der Waals surface area contributed by atoms with E-state index in [0.29, 0.717) is 5.92 Å². The van der Waals surface area contributed by atoms with E-state index >= 15 is 0 Å². The van der Waals surface area contributed by atoms with Crippen molar-refractivity contribution in [3.63, 3.8) is 0 Å². The number of ether oxygens (including phenoxy) is 1. The van der Waals surface area contributed by atoms with Gasteiger partial charge in [-0.3, -0.25) is 0 Å². The van der Waals surface area contributed by atoms with Gasteiger partial charge in [0.15, 0.2) is 0 Å². The van der Waals surface area contributed by atoms with Gasteiger partial charge in [0.2, 0.25) is 0 Å². The molecule has 0 aromatic rings. The second-order valence-corrected chi connectivity index (χ2v) is 3.59. The molecule has 1 rings (SSSR count). The molecule has 13 heavy (non-hydrogen) atoms. The van der Waals surface area contributed by atoms with Gasteiger partial charge in [-0.05, 0) is 6.42 Å². The predicted octanol–water partition coefficient (Wildman–Crippen LogP) is 2.11. The Balaban J connectivity index is 0.00000144. The van der Waals surface area contributed by atoms with Crippen LogP contribution in [-0.2, 0) is 37.4 Å². The van der Waals surface area contributed by atoms with Crippen molar-refractivity contribution in [3.8, 4) is 0 Å². The largest absolute Gasteiger partial charge is 0.415 e. The summed E-state index contributed by atoms with van der Waals surface area (Å²) >= 11 is 0. The normalized spacial score (nSPS) is 38.7. The summed E-state index contributed by atoms with van der Waals surface area (Å²) in [6.07, 6.45) is 5.03. The van der Waals surface area contributed by atoms with Crippen molar-refractivity contribution in [1.29, 1.82) is 0 Å². The van der Waals surface area contributed by atoms with E-state index in [1.54, 1.807) is 0 Å². The number of hydrogen-bond donors (Lipinski definition) is 0. The molecule has 0 aromatic carbocycles. The third kappa shape index (κ3) is 3.04. The molecule has 1 nitrogen and oxygen atoms in total. The maximum absolute atomic E-state index is 5.73. The van der Waals surface area contributed by atoms with Crippen molar-refractivity contribution in [1.82, 2.24) is 0 Å². The minimum absolute atomic E-state index is 0. The molecule has 0 aliphatic carbocycles. The van der Waals surface area contributed by atoms with E-state index in [2.05, 4.69) is 27.2 Å². The second kappa shape index (κ2) is 5.88. The summed E-state index contributed by atoms with van der Waals surface area (Å²) in [7, 11) is 5.71. The van der Waals surface area contributed by atoms with Crippen LogP contribution in [0.15, 0.2) is 0 Å². The molecule has 0 spiro atoms. The molecule has 1 unspecified atom stereocenters. The zero-order chi connectivity index (χ0) is 9.19. The summed E-state index contributed by atoms with van der Waals surface area (Å²) in [6, 6.07) is -0.175. The van der Waals surface area contributed by atoms with Crippen LogP contribution in [0, 0.1) is 19.3 Å². The van der Waals surface area contributed by atoms with Crippen LogP contribution >= 0.6 is 0 Å². The first-order chi connectivity index (χ1) is 5.64. The fourth-order valence-corrected chi connectivity index (χ4v) is 2.05. The van der Waals surface area contributed by atoms with Crippen LogP contribution in [0.4, 0.5) is 0 Å². The summed E-state index contributed by atoms with van der Waals surface area (Å²) in [6.45, 7) is 8.19. The average Bonchev–Trinajstić information content (AvgIpc) is 2.28. The summed E-state index contributed by atoms with van der Waals surface area (Å²) in [5.74, 6) is 0.458. The minimum atomic E-state index is -0.175. The Morgan fingerprint density at radius 1 is 1.62 bits per heavy atom. The fraction of sp³-hybridized carbons (Fsp3) is 0.800. The van der Waals surface area contributed by atoms with E-state index in [4.69, 9.17) is 12.6 Å². The van der Waals surface area contributed by atoms with Gasteiger partial charge in [0.25, 0.3) is 0 Å². The monoisotopic (exact) mass is 253 g/mol. The van der Waals surface area contributed by atoms with Gasteiger partial charge in [-0.2, -0.15) is 6.42 Å². The third-order valence-electron chi connectivity index (χ3n) is 2.88. The van der Waals surface area contributed by atoms with E-state index in [0.717, 1.165) is 19.3 Å². The molecule has 0 bridgehead atoms. The molecule has 0 N–H and O–H groups in total. The number of rotatable bonds is 3. The van der Waals surface area contributed by atoms with Crippen LogP contribution in [-0.4, -0.2) is 19.5 Å². The first-order valence-corrected chi connectivity index (χ1v) is 4.72. The Bertz CT molecular complexity index is 154. The molecule has 3 radical (unpaired) electrons. The molecule has 1 fully saturated rings. The van der Waals surface area contributed by atoms with Crippen LogP contribution in [0.2, 0.25) is 0 Å². The van der Waals surface area contributed by atoms with Crippen LogP contribution in [0.5, 0.6) is 0 Å². The van der Waals surface area contributed by atoms with Gasteiger partial charge in [0, 0.05) is 38.3 Å².